The van der Waals surface area contributed by atoms with E-state index >= 15 is 0 Å². The lowest BCUT2D eigenvalue weighted by Crippen LogP contribution is -2.10. The number of hydrogen-bond donors (Lipinski definition) is 2. The number of aliphatic hydroxyl groups excluding tert-OH is 2. The van der Waals surface area contributed by atoms with Gasteiger partial charge in [-0.2, -0.15) is 0 Å². The quantitative estimate of drug-likeness (QED) is 0.558. The van der Waals surface area contributed by atoms with E-state index in [9.17, 15) is 4.79 Å². The average Bonchev–Trinajstić information content (AvgIpc) is 3.38. The van der Waals surface area contributed by atoms with Gasteiger partial charge in [0.05, 0.1) is 13.2 Å². The summed E-state index contributed by atoms with van der Waals surface area (Å²) in [6, 6.07) is 0. The second-order valence-corrected chi connectivity index (χ2v) is 4.54. The van der Waals surface area contributed by atoms with Gasteiger partial charge in [-0.15, -0.1) is 0 Å². The molecule has 2 N–H and O–H groups in total. The van der Waals surface area contributed by atoms with E-state index in [1.54, 1.807) is 0 Å². The van der Waals surface area contributed by atoms with Crippen LogP contribution in [0.4, 0.5) is 4.79 Å². The molecule has 21 heavy (non-hydrogen) atoms. The van der Waals surface area contributed by atoms with Gasteiger partial charge in [-0.25, -0.2) is 4.79 Å². The molecule has 1 fully saturated rings. The van der Waals surface area contributed by atoms with Crippen molar-refractivity contribution in [3.8, 4) is 0 Å². The molecule has 5 nitrogen and oxygen atoms in total. The molecule has 0 radical (unpaired) electrons. The Morgan fingerprint density at radius 1 is 0.905 bits per heavy atom. The van der Waals surface area contributed by atoms with Gasteiger partial charge in [0, 0.05) is 0 Å². The molecule has 5 heteroatoms. The molecule has 0 aromatic rings. The molecule has 0 bridgehead atoms. The van der Waals surface area contributed by atoms with Gasteiger partial charge >= 0.3 is 6.16 Å². The summed E-state index contributed by atoms with van der Waals surface area (Å²) in [5.74, 6) is 0. The van der Waals surface area contributed by atoms with Crippen LogP contribution in [0.15, 0.2) is 24.3 Å². The molecular formula is C16H30O5. The summed E-state index contributed by atoms with van der Waals surface area (Å²) in [6.07, 6.45) is 5.44. The fourth-order valence-electron chi connectivity index (χ4n) is 0.568. The maximum atomic E-state index is 11.0. The summed E-state index contributed by atoms with van der Waals surface area (Å²) in [5.41, 5.74) is 1.74. The van der Waals surface area contributed by atoms with E-state index in [1.165, 1.54) is 19.3 Å². The highest BCUT2D eigenvalue weighted by atomic mass is 16.7. The number of ether oxygens (including phenoxy) is 2. The van der Waals surface area contributed by atoms with Gasteiger partial charge in [0.1, 0.15) is 13.2 Å². The highest BCUT2D eigenvalue weighted by Crippen LogP contribution is 2.14. The first-order chi connectivity index (χ1) is 10.0. The molecule has 0 saturated heterocycles. The zero-order chi connectivity index (χ0) is 16.5. The number of carbonyl (C=O) groups excluding carboxylic acids is 1. The summed E-state index contributed by atoms with van der Waals surface area (Å²) in [5, 5.41) is 15.2. The van der Waals surface area contributed by atoms with Crippen LogP contribution in [0, 0.1) is 0 Å². The van der Waals surface area contributed by atoms with Crippen LogP contribution in [0.25, 0.3) is 0 Å². The zero-order valence-corrected chi connectivity index (χ0v) is 13.4. The van der Waals surface area contributed by atoms with E-state index in [4.69, 9.17) is 19.7 Å². The average molecular weight is 302 g/mol. The number of aliphatic hydroxyl groups is 2. The summed E-state index contributed by atoms with van der Waals surface area (Å²) in [7, 11) is 0. The Morgan fingerprint density at radius 2 is 1.24 bits per heavy atom. The van der Waals surface area contributed by atoms with Gasteiger partial charge in [0.15, 0.2) is 0 Å². The zero-order valence-electron chi connectivity index (χ0n) is 13.4. The number of hydrogen-bond acceptors (Lipinski definition) is 5. The molecule has 0 heterocycles. The fourth-order valence-corrected chi connectivity index (χ4v) is 0.568. The predicted molar refractivity (Wildman–Crippen MR) is 84.2 cm³/mol. The van der Waals surface area contributed by atoms with Crippen LogP contribution in [-0.4, -0.2) is 42.8 Å². The van der Waals surface area contributed by atoms with Gasteiger partial charge in [-0.05, 0) is 24.0 Å². The van der Waals surface area contributed by atoms with E-state index < -0.39 is 6.16 Å². The Kier molecular flexibility index (Phi) is 17.5. The van der Waals surface area contributed by atoms with Crippen molar-refractivity contribution in [1.82, 2.24) is 0 Å². The van der Waals surface area contributed by atoms with Crippen molar-refractivity contribution in [3.05, 3.63) is 24.3 Å². The van der Waals surface area contributed by atoms with Crippen molar-refractivity contribution in [3.63, 3.8) is 0 Å². The van der Waals surface area contributed by atoms with Crippen molar-refractivity contribution in [2.45, 2.75) is 46.0 Å². The molecule has 0 atom stereocenters. The minimum atomic E-state index is -0.658. The molecule has 0 amide bonds. The largest absolute Gasteiger partial charge is 0.508 e. The maximum Gasteiger partial charge on any atom is 0.508 e. The highest BCUT2D eigenvalue weighted by molar-refractivity contribution is 5.60. The predicted octanol–water partition coefficient (Wildman–Crippen LogP) is 3.21. The minimum Gasteiger partial charge on any atom is -0.430 e. The molecule has 1 aliphatic rings. The third kappa shape index (κ3) is 24.1. The molecule has 0 aromatic carbocycles. The Hall–Kier alpha value is -1.33. The van der Waals surface area contributed by atoms with Gasteiger partial charge in [0.2, 0.25) is 0 Å². The third-order valence-corrected chi connectivity index (χ3v) is 2.24. The van der Waals surface area contributed by atoms with Crippen LogP contribution in [0.1, 0.15) is 46.0 Å². The minimum absolute atomic E-state index is 0.125. The Balaban J connectivity index is 0. The van der Waals surface area contributed by atoms with Crippen LogP contribution in [0.3, 0.4) is 0 Å². The molecule has 1 rings (SSSR count). The standard InChI is InChI=1S/C11H18O3.C3H6.C2H6O2/c1-5-9(3)7-13-11(12)14-8-10(4)6-2;1-2-3-1;3-1-2-4/h3-8H2,1-2H3;1-3H2;3-4H,1-2H2. The van der Waals surface area contributed by atoms with E-state index in [2.05, 4.69) is 13.2 Å². The molecular weight excluding hydrogens is 272 g/mol. The Labute approximate surface area is 128 Å². The highest BCUT2D eigenvalue weighted by Gasteiger charge is 2.04. The molecule has 0 aromatic heterocycles. The van der Waals surface area contributed by atoms with Crippen LogP contribution >= 0.6 is 0 Å². The summed E-state index contributed by atoms with van der Waals surface area (Å²) >= 11 is 0. The second-order valence-electron chi connectivity index (χ2n) is 4.54. The Bertz CT molecular complexity index is 258. The van der Waals surface area contributed by atoms with Crippen LogP contribution in [-0.2, 0) is 9.47 Å². The normalized spacial score (nSPS) is 11.0. The topological polar surface area (TPSA) is 76.0 Å². The van der Waals surface area contributed by atoms with Crippen LogP contribution in [0.5, 0.6) is 0 Å². The smallest absolute Gasteiger partial charge is 0.430 e. The summed E-state index contributed by atoms with van der Waals surface area (Å²) < 4.78 is 9.58. The lowest BCUT2D eigenvalue weighted by atomic mass is 10.2. The monoisotopic (exact) mass is 302 g/mol. The first kappa shape index (κ1) is 22.0. The van der Waals surface area contributed by atoms with Crippen molar-refractivity contribution in [1.29, 1.82) is 0 Å². The maximum absolute atomic E-state index is 11.0. The van der Waals surface area contributed by atoms with Crippen molar-refractivity contribution in [2.75, 3.05) is 26.4 Å². The van der Waals surface area contributed by atoms with Gasteiger partial charge in [-0.1, -0.05) is 46.3 Å². The first-order valence-electron chi connectivity index (χ1n) is 7.36. The number of rotatable bonds is 7. The first-order valence-corrected chi connectivity index (χ1v) is 7.36. The van der Waals surface area contributed by atoms with E-state index in [0.29, 0.717) is 0 Å². The SMILES string of the molecule is C1CC1.C=C(CC)COC(=O)OCC(=C)CC.OCCO. The van der Waals surface area contributed by atoms with Crippen molar-refractivity contribution < 1.29 is 24.5 Å². The third-order valence-electron chi connectivity index (χ3n) is 2.24. The molecule has 0 spiro atoms. The Morgan fingerprint density at radius 3 is 1.43 bits per heavy atom. The van der Waals surface area contributed by atoms with Gasteiger partial charge < -0.3 is 19.7 Å². The molecule has 1 saturated carbocycles. The lowest BCUT2D eigenvalue weighted by Gasteiger charge is -2.07. The lowest BCUT2D eigenvalue weighted by molar-refractivity contribution is 0.0675. The van der Waals surface area contributed by atoms with Crippen LogP contribution < -0.4 is 0 Å². The molecule has 124 valence electrons. The van der Waals surface area contributed by atoms with E-state index in [0.717, 1.165) is 24.0 Å². The van der Waals surface area contributed by atoms with Crippen LogP contribution in [0.2, 0.25) is 0 Å². The summed E-state index contributed by atoms with van der Waals surface area (Å²) in [6.45, 7) is 11.5. The van der Waals surface area contributed by atoms with Gasteiger partial charge in [-0.3, -0.25) is 0 Å². The van der Waals surface area contributed by atoms with Crippen molar-refractivity contribution >= 4 is 6.16 Å². The molecule has 0 aliphatic heterocycles. The van der Waals surface area contributed by atoms with E-state index in [-0.39, 0.29) is 26.4 Å². The summed E-state index contributed by atoms with van der Waals surface area (Å²) in [4.78, 5) is 11.0. The second kappa shape index (κ2) is 16.7. The van der Waals surface area contributed by atoms with Gasteiger partial charge in [0.25, 0.3) is 0 Å². The number of carbonyl (C=O) groups is 1. The molecule has 1 aliphatic carbocycles. The fraction of sp³-hybridized carbons (Fsp3) is 0.688. The van der Waals surface area contributed by atoms with Crippen molar-refractivity contribution in [2.24, 2.45) is 0 Å². The molecule has 0 unspecified atom stereocenters. The van der Waals surface area contributed by atoms with E-state index in [1.807, 2.05) is 13.8 Å².